The molecule has 7 nitrogen and oxygen atoms in total. The highest BCUT2D eigenvalue weighted by atomic mass is 16.4. The summed E-state index contributed by atoms with van der Waals surface area (Å²) in [6, 6.07) is -0.398. The molecule has 0 unspecified atom stereocenters. The van der Waals surface area contributed by atoms with Crippen molar-refractivity contribution >= 4 is 18.0 Å². The number of hydrogen-bond donors (Lipinski definition) is 4. The van der Waals surface area contributed by atoms with Gasteiger partial charge in [-0.15, -0.1) is 0 Å². The molecule has 62 valence electrons. The number of amides is 4. The van der Waals surface area contributed by atoms with Gasteiger partial charge >= 0.3 is 12.1 Å². The summed E-state index contributed by atoms with van der Waals surface area (Å²) in [5, 5.41) is 11.5. The predicted octanol–water partition coefficient (Wildman–Crippen LogP) is -1.55. The Morgan fingerprint density at radius 3 is 2.09 bits per heavy atom. The van der Waals surface area contributed by atoms with E-state index in [0.717, 1.165) is 0 Å². The van der Waals surface area contributed by atoms with Gasteiger partial charge in [-0.1, -0.05) is 0 Å². The summed E-state index contributed by atoms with van der Waals surface area (Å²) in [6.45, 7) is 0.124. The number of carbonyl (C=O) groups excluding carboxylic acids is 2. The normalized spacial score (nSPS) is 14.2. The lowest BCUT2D eigenvalue weighted by atomic mass is 10.7. The quantitative estimate of drug-likeness (QED) is 0.321. The zero-order chi connectivity index (χ0) is 8.85. The maximum Gasteiger partial charge on any atom is 0.402 e. The molecule has 0 aliphatic carbocycles. The second-order valence-electron chi connectivity index (χ2n) is 1.57. The number of carboxylic acid groups (broad SMARTS) is 1. The van der Waals surface area contributed by atoms with Gasteiger partial charge in [-0.3, -0.25) is 10.1 Å². The zero-order valence-electron chi connectivity index (χ0n) is 5.46. The van der Waals surface area contributed by atoms with Crippen molar-refractivity contribution in [1.82, 2.24) is 10.6 Å². The molecule has 0 atom stereocenters. The van der Waals surface area contributed by atoms with Crippen molar-refractivity contribution < 1.29 is 19.5 Å². The van der Waals surface area contributed by atoms with Crippen LogP contribution in [0.2, 0.25) is 0 Å². The second kappa shape index (κ2) is 4.09. The largest absolute Gasteiger partial charge is 0.465 e. The zero-order valence-corrected chi connectivity index (χ0v) is 5.46. The van der Waals surface area contributed by atoms with Crippen molar-refractivity contribution in [3.05, 3.63) is 0 Å². The number of nitrogens with two attached hydrogens (primary N) is 1. The fourth-order valence-corrected chi connectivity index (χ4v) is 0.376. The van der Waals surface area contributed by atoms with Crippen LogP contribution in [0.4, 0.5) is 9.59 Å². The summed E-state index contributed by atoms with van der Waals surface area (Å²) in [4.78, 5) is 28.8. The Balaban J connectivity index is 0.000000218. The SMILES string of the molecule is NC(=O)O.O=C1CNC(=O)N1. The van der Waals surface area contributed by atoms with Crippen LogP contribution in [-0.4, -0.2) is 29.7 Å². The first-order valence-electron chi connectivity index (χ1n) is 2.58. The monoisotopic (exact) mass is 161 g/mol. The Morgan fingerprint density at radius 2 is 2.00 bits per heavy atom. The van der Waals surface area contributed by atoms with E-state index in [9.17, 15) is 9.59 Å². The molecule has 0 aromatic rings. The summed E-state index contributed by atoms with van der Waals surface area (Å²) in [7, 11) is 0. The topological polar surface area (TPSA) is 122 Å². The van der Waals surface area contributed by atoms with E-state index in [1.165, 1.54) is 0 Å². The summed E-state index contributed by atoms with van der Waals surface area (Å²) >= 11 is 0. The van der Waals surface area contributed by atoms with Gasteiger partial charge in [0.25, 0.3) is 0 Å². The van der Waals surface area contributed by atoms with Crippen molar-refractivity contribution in [3.63, 3.8) is 0 Å². The smallest absolute Gasteiger partial charge is 0.402 e. The molecule has 0 aromatic carbocycles. The molecule has 1 saturated heterocycles. The molecule has 0 bridgehead atoms. The molecular weight excluding hydrogens is 154 g/mol. The summed E-state index contributed by atoms with van der Waals surface area (Å²) in [5.41, 5.74) is 4.03. The lowest BCUT2D eigenvalue weighted by Crippen LogP contribution is -2.22. The third kappa shape index (κ3) is 6.09. The van der Waals surface area contributed by atoms with Crippen LogP contribution in [0.1, 0.15) is 0 Å². The molecule has 4 amide bonds. The average Bonchev–Trinajstić information content (AvgIpc) is 2.13. The van der Waals surface area contributed by atoms with Gasteiger partial charge in [0.05, 0.1) is 6.54 Å². The minimum absolute atomic E-state index is 0.124. The second-order valence-corrected chi connectivity index (χ2v) is 1.57. The van der Waals surface area contributed by atoms with Crippen LogP contribution >= 0.6 is 0 Å². The lowest BCUT2D eigenvalue weighted by Gasteiger charge is -1.78. The molecule has 1 aliphatic rings. The highest BCUT2D eigenvalue weighted by Gasteiger charge is 2.14. The van der Waals surface area contributed by atoms with E-state index in [0.29, 0.717) is 0 Å². The molecule has 0 spiro atoms. The van der Waals surface area contributed by atoms with E-state index in [1.807, 2.05) is 5.32 Å². The van der Waals surface area contributed by atoms with Crippen molar-refractivity contribution in [2.75, 3.05) is 6.54 Å². The van der Waals surface area contributed by atoms with Crippen molar-refractivity contribution in [3.8, 4) is 0 Å². The summed E-state index contributed by atoms with van der Waals surface area (Å²) < 4.78 is 0. The highest BCUT2D eigenvalue weighted by Crippen LogP contribution is 1.73. The van der Waals surface area contributed by atoms with Crippen LogP contribution in [0.15, 0.2) is 0 Å². The number of rotatable bonds is 0. The van der Waals surface area contributed by atoms with Gasteiger partial charge in [-0.05, 0) is 0 Å². The first kappa shape index (κ1) is 9.21. The number of primary amides is 1. The third-order valence-electron chi connectivity index (χ3n) is 0.662. The van der Waals surface area contributed by atoms with E-state index >= 15 is 0 Å². The number of nitrogens with one attached hydrogen (secondary N) is 2. The standard InChI is InChI=1S/C3H4N2O2.CH3NO2/c6-2-1-4-3(7)5-2;2-1(3)4/h1H2,(H2,4,5,6,7);2H2,(H,3,4). The van der Waals surface area contributed by atoms with Crippen molar-refractivity contribution in [2.24, 2.45) is 5.73 Å². The molecule has 11 heavy (non-hydrogen) atoms. The average molecular weight is 161 g/mol. The number of imide groups is 1. The Labute approximate surface area is 61.6 Å². The lowest BCUT2D eigenvalue weighted by molar-refractivity contribution is -0.117. The molecule has 1 aliphatic heterocycles. The number of hydrogen-bond acceptors (Lipinski definition) is 3. The Kier molecular flexibility index (Phi) is 3.43. The van der Waals surface area contributed by atoms with E-state index in [-0.39, 0.29) is 12.5 Å². The minimum atomic E-state index is -1.33. The Bertz CT molecular complexity index is 172. The van der Waals surface area contributed by atoms with Crippen molar-refractivity contribution in [1.29, 1.82) is 0 Å². The third-order valence-corrected chi connectivity index (χ3v) is 0.662. The summed E-state index contributed by atoms with van der Waals surface area (Å²) in [5.74, 6) is -0.259. The van der Waals surface area contributed by atoms with E-state index in [1.54, 1.807) is 0 Å². The Morgan fingerprint density at radius 1 is 1.55 bits per heavy atom. The van der Waals surface area contributed by atoms with Gasteiger partial charge in [0.2, 0.25) is 5.91 Å². The first-order valence-corrected chi connectivity index (χ1v) is 2.58. The fraction of sp³-hybridized carbons (Fsp3) is 0.250. The van der Waals surface area contributed by atoms with Crippen LogP contribution in [0.5, 0.6) is 0 Å². The van der Waals surface area contributed by atoms with Gasteiger partial charge in [-0.2, -0.15) is 0 Å². The molecular formula is C4H7N3O4. The van der Waals surface area contributed by atoms with E-state index < -0.39 is 12.1 Å². The Hall–Kier alpha value is -1.79. The molecule has 1 heterocycles. The molecule has 0 saturated carbocycles. The van der Waals surface area contributed by atoms with Gasteiger partial charge in [-0.25, -0.2) is 9.59 Å². The molecule has 7 heteroatoms. The van der Waals surface area contributed by atoms with Crippen LogP contribution in [-0.2, 0) is 4.79 Å². The van der Waals surface area contributed by atoms with Crippen LogP contribution in [0, 0.1) is 0 Å². The van der Waals surface area contributed by atoms with Gasteiger partial charge in [0, 0.05) is 0 Å². The minimum Gasteiger partial charge on any atom is -0.465 e. The summed E-state index contributed by atoms with van der Waals surface area (Å²) in [6.07, 6.45) is -1.33. The molecule has 0 aromatic heterocycles. The molecule has 0 radical (unpaired) electrons. The van der Waals surface area contributed by atoms with E-state index in [2.05, 4.69) is 11.1 Å². The maximum atomic E-state index is 10.1. The van der Waals surface area contributed by atoms with Gasteiger partial charge in [0.15, 0.2) is 0 Å². The van der Waals surface area contributed by atoms with Crippen LogP contribution in [0.25, 0.3) is 0 Å². The first-order chi connectivity index (χ1) is 5.02. The van der Waals surface area contributed by atoms with Crippen LogP contribution in [0.3, 0.4) is 0 Å². The molecule has 1 rings (SSSR count). The van der Waals surface area contributed by atoms with Crippen molar-refractivity contribution in [2.45, 2.75) is 0 Å². The maximum absolute atomic E-state index is 10.1. The number of carbonyl (C=O) groups is 3. The highest BCUT2D eigenvalue weighted by molar-refractivity contribution is 6.01. The molecule has 1 fully saturated rings. The molecule has 5 N–H and O–H groups in total. The van der Waals surface area contributed by atoms with E-state index in [4.69, 9.17) is 9.90 Å². The predicted molar refractivity (Wildman–Crippen MR) is 33.8 cm³/mol. The fourth-order valence-electron chi connectivity index (χ4n) is 0.376. The van der Waals surface area contributed by atoms with Gasteiger partial charge in [0.1, 0.15) is 0 Å². The number of urea groups is 1. The van der Waals surface area contributed by atoms with Crippen LogP contribution < -0.4 is 16.4 Å². The van der Waals surface area contributed by atoms with Gasteiger partial charge < -0.3 is 16.2 Å².